The second kappa shape index (κ2) is 6.60. The first-order chi connectivity index (χ1) is 10.5. The fourth-order valence-electron chi connectivity index (χ4n) is 2.12. The first-order valence-electron chi connectivity index (χ1n) is 6.71. The Morgan fingerprint density at radius 1 is 1.14 bits per heavy atom. The molecule has 0 bridgehead atoms. The molecule has 1 heterocycles. The van der Waals surface area contributed by atoms with Gasteiger partial charge in [0.15, 0.2) is 0 Å². The second-order valence-corrected chi connectivity index (χ2v) is 4.70. The van der Waals surface area contributed by atoms with E-state index >= 15 is 0 Å². The Balaban J connectivity index is 2.58. The number of rotatable bonds is 4. The van der Waals surface area contributed by atoms with Crippen LogP contribution in [0.1, 0.15) is 29.4 Å². The van der Waals surface area contributed by atoms with Crippen LogP contribution in [-0.2, 0) is 11.2 Å². The number of carbonyl (C=O) groups excluding carboxylic acids is 1. The predicted molar refractivity (Wildman–Crippen MR) is 74.9 cm³/mol. The number of pyridine rings is 1. The Kier molecular flexibility index (Phi) is 4.80. The summed E-state index contributed by atoms with van der Waals surface area (Å²) in [5.74, 6) is -3.58. The van der Waals surface area contributed by atoms with Gasteiger partial charge in [0.05, 0.1) is 12.7 Å². The Hall–Kier alpha value is -2.37. The van der Waals surface area contributed by atoms with Gasteiger partial charge in [-0.1, -0.05) is 13.3 Å². The summed E-state index contributed by atoms with van der Waals surface area (Å²) in [6, 6.07) is 4.31. The lowest BCUT2D eigenvalue weighted by atomic mass is 10.0. The summed E-state index contributed by atoms with van der Waals surface area (Å²) in [5, 5.41) is 0. The lowest BCUT2D eigenvalue weighted by Gasteiger charge is -2.09. The summed E-state index contributed by atoms with van der Waals surface area (Å²) in [6.45, 7) is 1.88. The zero-order chi connectivity index (χ0) is 16.3. The zero-order valence-corrected chi connectivity index (χ0v) is 12.1. The molecule has 0 atom stereocenters. The number of methoxy groups -OCH3 is 1. The third kappa shape index (κ3) is 3.10. The van der Waals surface area contributed by atoms with Crippen molar-refractivity contribution in [3.8, 4) is 11.3 Å². The van der Waals surface area contributed by atoms with Crippen molar-refractivity contribution < 1.29 is 22.7 Å². The van der Waals surface area contributed by atoms with E-state index in [0.717, 1.165) is 37.8 Å². The van der Waals surface area contributed by atoms with Crippen LogP contribution in [0.25, 0.3) is 11.3 Å². The van der Waals surface area contributed by atoms with E-state index in [1.807, 2.05) is 6.92 Å². The van der Waals surface area contributed by atoms with Crippen LogP contribution >= 0.6 is 0 Å². The van der Waals surface area contributed by atoms with Gasteiger partial charge in [0.1, 0.15) is 28.8 Å². The fourth-order valence-corrected chi connectivity index (χ4v) is 2.12. The van der Waals surface area contributed by atoms with Crippen LogP contribution in [0.4, 0.5) is 13.2 Å². The Labute approximate surface area is 125 Å². The second-order valence-electron chi connectivity index (χ2n) is 4.70. The van der Waals surface area contributed by atoms with Crippen LogP contribution in [-0.4, -0.2) is 18.1 Å². The SMILES string of the molecule is CCCc1cc(F)c(-c2nc(C(=O)OC)ccc2F)c(F)c1. The number of carbonyl (C=O) groups is 1. The van der Waals surface area contributed by atoms with Gasteiger partial charge in [-0.25, -0.2) is 22.9 Å². The molecule has 0 spiro atoms. The van der Waals surface area contributed by atoms with Gasteiger partial charge < -0.3 is 4.74 Å². The smallest absolute Gasteiger partial charge is 0.356 e. The van der Waals surface area contributed by atoms with E-state index in [-0.39, 0.29) is 5.69 Å². The van der Waals surface area contributed by atoms with Crippen molar-refractivity contribution in [3.05, 3.63) is 53.0 Å². The third-order valence-electron chi connectivity index (χ3n) is 3.12. The normalized spacial score (nSPS) is 10.6. The molecule has 0 aliphatic rings. The maximum Gasteiger partial charge on any atom is 0.356 e. The number of hydrogen-bond donors (Lipinski definition) is 0. The van der Waals surface area contributed by atoms with Crippen molar-refractivity contribution in [2.45, 2.75) is 19.8 Å². The summed E-state index contributed by atoms with van der Waals surface area (Å²) in [4.78, 5) is 15.1. The highest BCUT2D eigenvalue weighted by Crippen LogP contribution is 2.28. The first-order valence-corrected chi connectivity index (χ1v) is 6.71. The van der Waals surface area contributed by atoms with Crippen molar-refractivity contribution in [3.63, 3.8) is 0 Å². The van der Waals surface area contributed by atoms with Gasteiger partial charge in [0.25, 0.3) is 0 Å². The maximum absolute atomic E-state index is 14.2. The van der Waals surface area contributed by atoms with E-state index in [4.69, 9.17) is 0 Å². The summed E-state index contributed by atoms with van der Waals surface area (Å²) >= 11 is 0. The van der Waals surface area contributed by atoms with Crippen LogP contribution < -0.4 is 0 Å². The minimum Gasteiger partial charge on any atom is -0.464 e. The van der Waals surface area contributed by atoms with Gasteiger partial charge in [-0.05, 0) is 36.2 Å². The first kappa shape index (κ1) is 16.0. The molecule has 3 nitrogen and oxygen atoms in total. The van der Waals surface area contributed by atoms with Crippen LogP contribution in [0.5, 0.6) is 0 Å². The Bertz CT molecular complexity index is 694. The van der Waals surface area contributed by atoms with Gasteiger partial charge in [-0.3, -0.25) is 0 Å². The molecule has 0 saturated carbocycles. The minimum absolute atomic E-state index is 0.227. The van der Waals surface area contributed by atoms with Crippen molar-refractivity contribution in [2.75, 3.05) is 7.11 Å². The molecule has 0 aliphatic carbocycles. The summed E-state index contributed by atoms with van der Waals surface area (Å²) in [6.07, 6.45) is 1.23. The average Bonchev–Trinajstić information content (AvgIpc) is 2.48. The van der Waals surface area contributed by atoms with Gasteiger partial charge >= 0.3 is 5.97 Å². The molecule has 1 aromatic heterocycles. The molecule has 2 rings (SSSR count). The quantitative estimate of drug-likeness (QED) is 0.804. The van der Waals surface area contributed by atoms with Crippen molar-refractivity contribution >= 4 is 5.97 Å². The highest BCUT2D eigenvalue weighted by molar-refractivity contribution is 5.87. The van der Waals surface area contributed by atoms with Crippen LogP contribution in [0, 0.1) is 17.5 Å². The number of ether oxygens (including phenoxy) is 1. The molecular formula is C16H14F3NO2. The van der Waals surface area contributed by atoms with Crippen molar-refractivity contribution in [1.29, 1.82) is 0 Å². The summed E-state index contributed by atoms with van der Waals surface area (Å²) in [7, 11) is 1.13. The number of esters is 1. The van der Waals surface area contributed by atoms with Gasteiger partial charge in [-0.15, -0.1) is 0 Å². The van der Waals surface area contributed by atoms with E-state index in [1.165, 1.54) is 0 Å². The topological polar surface area (TPSA) is 39.2 Å². The highest BCUT2D eigenvalue weighted by atomic mass is 19.1. The summed E-state index contributed by atoms with van der Waals surface area (Å²) in [5.41, 5.74) is -0.898. The Morgan fingerprint density at radius 3 is 2.32 bits per heavy atom. The van der Waals surface area contributed by atoms with E-state index in [0.29, 0.717) is 12.0 Å². The number of benzene rings is 1. The molecule has 1 aromatic carbocycles. The molecule has 0 radical (unpaired) electrons. The van der Waals surface area contributed by atoms with Crippen LogP contribution in [0.2, 0.25) is 0 Å². The molecule has 22 heavy (non-hydrogen) atoms. The molecule has 0 saturated heterocycles. The number of hydrogen-bond acceptors (Lipinski definition) is 3. The zero-order valence-electron chi connectivity index (χ0n) is 12.1. The van der Waals surface area contributed by atoms with Gasteiger partial charge in [0, 0.05) is 0 Å². The summed E-state index contributed by atoms with van der Waals surface area (Å²) < 4.78 is 46.7. The highest BCUT2D eigenvalue weighted by Gasteiger charge is 2.20. The standard InChI is InChI=1S/C16H14F3NO2/c1-3-4-9-7-11(18)14(12(19)8-9)15-10(17)5-6-13(20-15)16(21)22-2/h5-8H,3-4H2,1-2H3. The number of halogens is 3. The monoisotopic (exact) mass is 309 g/mol. The van der Waals surface area contributed by atoms with E-state index in [2.05, 4.69) is 9.72 Å². The fraction of sp³-hybridized carbons (Fsp3) is 0.250. The van der Waals surface area contributed by atoms with Crippen LogP contribution in [0.15, 0.2) is 24.3 Å². The van der Waals surface area contributed by atoms with E-state index < -0.39 is 34.7 Å². The molecule has 0 aliphatic heterocycles. The Morgan fingerprint density at radius 2 is 1.77 bits per heavy atom. The molecule has 0 unspecified atom stereocenters. The van der Waals surface area contributed by atoms with Gasteiger partial charge in [0.2, 0.25) is 0 Å². The van der Waals surface area contributed by atoms with E-state index in [1.54, 1.807) is 0 Å². The predicted octanol–water partition coefficient (Wildman–Crippen LogP) is 3.91. The molecular weight excluding hydrogens is 295 g/mol. The lowest BCUT2D eigenvalue weighted by Crippen LogP contribution is -2.07. The molecule has 6 heteroatoms. The maximum atomic E-state index is 14.2. The number of aromatic nitrogens is 1. The largest absolute Gasteiger partial charge is 0.464 e. The van der Waals surface area contributed by atoms with Crippen LogP contribution in [0.3, 0.4) is 0 Å². The molecule has 116 valence electrons. The molecule has 0 amide bonds. The average molecular weight is 309 g/mol. The van der Waals surface area contributed by atoms with Crippen molar-refractivity contribution in [2.24, 2.45) is 0 Å². The molecule has 0 N–H and O–H groups in total. The third-order valence-corrected chi connectivity index (χ3v) is 3.12. The van der Waals surface area contributed by atoms with E-state index in [9.17, 15) is 18.0 Å². The van der Waals surface area contributed by atoms with Gasteiger partial charge in [-0.2, -0.15) is 0 Å². The lowest BCUT2D eigenvalue weighted by molar-refractivity contribution is 0.0594. The number of nitrogens with zero attached hydrogens (tertiary/aromatic N) is 1. The molecule has 0 fully saturated rings. The molecule has 2 aromatic rings. The van der Waals surface area contributed by atoms with Crippen molar-refractivity contribution in [1.82, 2.24) is 4.98 Å². The minimum atomic E-state index is -0.923. The number of aryl methyl sites for hydroxylation is 1.